The summed E-state index contributed by atoms with van der Waals surface area (Å²) in [5, 5.41) is 3.26. The third kappa shape index (κ3) is 2.20. The van der Waals surface area contributed by atoms with Gasteiger partial charge in [0.05, 0.1) is 10.5 Å². The number of nitrogens with one attached hydrogen (secondary N) is 1. The molecule has 1 aromatic carbocycles. The van der Waals surface area contributed by atoms with Crippen LogP contribution in [0.1, 0.15) is 30.9 Å². The van der Waals surface area contributed by atoms with Crippen molar-refractivity contribution in [2.45, 2.75) is 25.3 Å². The van der Waals surface area contributed by atoms with Crippen molar-refractivity contribution in [1.82, 2.24) is 5.32 Å². The summed E-state index contributed by atoms with van der Waals surface area (Å²) in [5.41, 5.74) is 2.35. The molecule has 3 heteroatoms. The maximum absolute atomic E-state index is 13.5. The van der Waals surface area contributed by atoms with Crippen molar-refractivity contribution in [3.63, 3.8) is 0 Å². The lowest BCUT2D eigenvalue weighted by molar-refractivity contribution is 0.602. The first-order chi connectivity index (χ1) is 7.74. The number of rotatable bonds is 3. The van der Waals surface area contributed by atoms with Gasteiger partial charge in [-0.25, -0.2) is 4.39 Å². The first kappa shape index (κ1) is 11.8. The van der Waals surface area contributed by atoms with Crippen molar-refractivity contribution in [2.24, 2.45) is 0 Å². The molecule has 0 spiro atoms. The lowest BCUT2D eigenvalue weighted by Gasteiger charge is -2.20. The lowest BCUT2D eigenvalue weighted by Crippen LogP contribution is -2.18. The van der Waals surface area contributed by atoms with Gasteiger partial charge in [-0.2, -0.15) is 0 Å². The van der Waals surface area contributed by atoms with Crippen LogP contribution in [0.2, 0.25) is 0 Å². The van der Waals surface area contributed by atoms with Gasteiger partial charge in [0.25, 0.3) is 0 Å². The standard InChI is InChI=1S/C13H15BrFN/c1-16-13(9-5-2-3-6-9)10-7-4-8-11(15)12(10)14/h4-5,7-8,13,16H,2-3,6H2,1H3. The summed E-state index contributed by atoms with van der Waals surface area (Å²) in [6, 6.07) is 5.33. The van der Waals surface area contributed by atoms with Gasteiger partial charge in [0, 0.05) is 0 Å². The largest absolute Gasteiger partial charge is 0.310 e. The fraction of sp³-hybridized carbons (Fsp3) is 0.385. The molecule has 0 saturated carbocycles. The maximum Gasteiger partial charge on any atom is 0.137 e. The van der Waals surface area contributed by atoms with E-state index >= 15 is 0 Å². The van der Waals surface area contributed by atoms with E-state index in [4.69, 9.17) is 0 Å². The highest BCUT2D eigenvalue weighted by molar-refractivity contribution is 9.10. The molecule has 1 aliphatic rings. The Hall–Kier alpha value is -0.670. The lowest BCUT2D eigenvalue weighted by atomic mass is 9.98. The van der Waals surface area contributed by atoms with Crippen LogP contribution in [0.25, 0.3) is 0 Å². The predicted octanol–water partition coefficient (Wildman–Crippen LogP) is 3.96. The molecule has 1 atom stereocenters. The topological polar surface area (TPSA) is 12.0 Å². The van der Waals surface area contributed by atoms with Crippen molar-refractivity contribution in [3.8, 4) is 0 Å². The zero-order valence-corrected chi connectivity index (χ0v) is 10.8. The van der Waals surface area contributed by atoms with Crippen LogP contribution in [0.4, 0.5) is 4.39 Å². The van der Waals surface area contributed by atoms with Crippen LogP contribution in [0.15, 0.2) is 34.3 Å². The highest BCUT2D eigenvalue weighted by Gasteiger charge is 2.20. The summed E-state index contributed by atoms with van der Waals surface area (Å²) >= 11 is 3.33. The van der Waals surface area contributed by atoms with Gasteiger partial charge in [0.2, 0.25) is 0 Å². The van der Waals surface area contributed by atoms with E-state index in [1.807, 2.05) is 13.1 Å². The molecular weight excluding hydrogens is 269 g/mol. The Bertz CT molecular complexity index is 414. The van der Waals surface area contributed by atoms with Crippen molar-refractivity contribution in [3.05, 3.63) is 45.7 Å². The molecule has 0 aromatic heterocycles. The molecule has 0 fully saturated rings. The minimum absolute atomic E-state index is 0.132. The van der Waals surface area contributed by atoms with Crippen molar-refractivity contribution < 1.29 is 4.39 Å². The zero-order valence-electron chi connectivity index (χ0n) is 9.26. The third-order valence-corrected chi connectivity index (χ3v) is 3.86. The second-order valence-corrected chi connectivity index (χ2v) is 4.83. The molecule has 16 heavy (non-hydrogen) atoms. The molecule has 1 unspecified atom stereocenters. The van der Waals surface area contributed by atoms with Crippen LogP contribution in [-0.4, -0.2) is 7.05 Å². The normalized spacial score (nSPS) is 17.3. The maximum atomic E-state index is 13.5. The smallest absolute Gasteiger partial charge is 0.137 e. The average Bonchev–Trinajstić information content (AvgIpc) is 2.79. The van der Waals surface area contributed by atoms with E-state index in [1.165, 1.54) is 18.1 Å². The number of likely N-dealkylation sites (N-methyl/N-ethyl adjacent to an activating group) is 1. The van der Waals surface area contributed by atoms with Gasteiger partial charge in [-0.3, -0.25) is 0 Å². The van der Waals surface area contributed by atoms with Crippen molar-refractivity contribution >= 4 is 15.9 Å². The van der Waals surface area contributed by atoms with Crippen LogP contribution < -0.4 is 5.32 Å². The number of allylic oxidation sites excluding steroid dienone is 1. The third-order valence-electron chi connectivity index (χ3n) is 3.03. The van der Waals surface area contributed by atoms with E-state index < -0.39 is 0 Å². The van der Waals surface area contributed by atoms with Crippen molar-refractivity contribution in [2.75, 3.05) is 7.05 Å². The van der Waals surface area contributed by atoms with Crippen LogP contribution in [0.3, 0.4) is 0 Å². The van der Waals surface area contributed by atoms with E-state index in [9.17, 15) is 4.39 Å². The first-order valence-corrected chi connectivity index (χ1v) is 6.33. The van der Waals surface area contributed by atoms with E-state index in [-0.39, 0.29) is 11.9 Å². The van der Waals surface area contributed by atoms with E-state index in [1.54, 1.807) is 6.07 Å². The molecular formula is C13H15BrFN. The van der Waals surface area contributed by atoms with Gasteiger partial charge >= 0.3 is 0 Å². The van der Waals surface area contributed by atoms with Crippen LogP contribution in [-0.2, 0) is 0 Å². The molecule has 0 bridgehead atoms. The Labute approximate surface area is 104 Å². The number of hydrogen-bond acceptors (Lipinski definition) is 1. The Morgan fingerprint density at radius 1 is 1.44 bits per heavy atom. The van der Waals surface area contributed by atoms with E-state index in [0.29, 0.717) is 4.47 Å². The number of halogens is 2. The fourth-order valence-corrected chi connectivity index (χ4v) is 2.74. The molecule has 1 aliphatic carbocycles. The summed E-state index contributed by atoms with van der Waals surface area (Å²) in [5.74, 6) is -0.198. The fourth-order valence-electron chi connectivity index (χ4n) is 2.24. The second-order valence-electron chi connectivity index (χ2n) is 4.04. The van der Waals surface area contributed by atoms with Crippen molar-refractivity contribution in [1.29, 1.82) is 0 Å². The summed E-state index contributed by atoms with van der Waals surface area (Å²) in [4.78, 5) is 0. The molecule has 0 amide bonds. The highest BCUT2D eigenvalue weighted by atomic mass is 79.9. The van der Waals surface area contributed by atoms with Crippen LogP contribution >= 0.6 is 15.9 Å². The zero-order chi connectivity index (χ0) is 11.5. The summed E-state index contributed by atoms with van der Waals surface area (Å²) in [7, 11) is 1.92. The Kier molecular flexibility index (Phi) is 3.77. The summed E-state index contributed by atoms with van der Waals surface area (Å²) in [6.07, 6.45) is 5.72. The molecule has 1 N–H and O–H groups in total. The van der Waals surface area contributed by atoms with Crippen LogP contribution in [0, 0.1) is 5.82 Å². The Morgan fingerprint density at radius 2 is 2.25 bits per heavy atom. The minimum Gasteiger partial charge on any atom is -0.310 e. The monoisotopic (exact) mass is 283 g/mol. The SMILES string of the molecule is CNC(C1=CCCC1)c1cccc(F)c1Br. The average molecular weight is 284 g/mol. The van der Waals surface area contributed by atoms with Gasteiger partial charge in [-0.1, -0.05) is 23.8 Å². The van der Waals surface area contributed by atoms with E-state index in [2.05, 4.69) is 27.3 Å². The number of benzene rings is 1. The summed E-state index contributed by atoms with van der Waals surface area (Å²) < 4.78 is 14.0. The van der Waals surface area contributed by atoms with Gasteiger partial charge in [0.15, 0.2) is 0 Å². The number of hydrogen-bond donors (Lipinski definition) is 1. The van der Waals surface area contributed by atoms with Gasteiger partial charge in [0.1, 0.15) is 5.82 Å². The van der Waals surface area contributed by atoms with E-state index in [0.717, 1.165) is 18.4 Å². The molecule has 0 saturated heterocycles. The molecule has 0 aliphatic heterocycles. The molecule has 86 valence electrons. The molecule has 0 radical (unpaired) electrons. The van der Waals surface area contributed by atoms with Crippen LogP contribution in [0.5, 0.6) is 0 Å². The van der Waals surface area contributed by atoms with Gasteiger partial charge in [-0.05, 0) is 53.9 Å². The quantitative estimate of drug-likeness (QED) is 0.828. The van der Waals surface area contributed by atoms with Gasteiger partial charge in [-0.15, -0.1) is 0 Å². The molecule has 2 rings (SSSR count). The Balaban J connectivity index is 2.36. The predicted molar refractivity (Wildman–Crippen MR) is 67.8 cm³/mol. The van der Waals surface area contributed by atoms with Gasteiger partial charge < -0.3 is 5.32 Å². The summed E-state index contributed by atoms with van der Waals surface area (Å²) in [6.45, 7) is 0. The molecule has 0 heterocycles. The highest BCUT2D eigenvalue weighted by Crippen LogP contribution is 2.34. The second kappa shape index (κ2) is 5.11. The molecule has 1 nitrogen and oxygen atoms in total. The minimum atomic E-state index is -0.198. The molecule has 1 aromatic rings. The Morgan fingerprint density at radius 3 is 2.88 bits per heavy atom. The first-order valence-electron chi connectivity index (χ1n) is 5.54.